The monoisotopic (exact) mass is 254 g/mol. The summed E-state index contributed by atoms with van der Waals surface area (Å²) in [7, 11) is 1.22. The van der Waals surface area contributed by atoms with Crippen molar-refractivity contribution in [3.63, 3.8) is 0 Å². The molecule has 0 saturated carbocycles. The Bertz CT molecular complexity index is 416. The molecule has 0 spiro atoms. The topological polar surface area (TPSA) is 87.0 Å². The molecule has 0 aliphatic heterocycles. The number of carbonyl (C=O) groups is 1. The number of methoxy groups -OCH3 is 1. The molecule has 1 aromatic carbocycles. The first-order chi connectivity index (χ1) is 8.49. The fraction of sp³-hybridized carbons (Fsp3) is 0.462. The van der Waals surface area contributed by atoms with Gasteiger partial charge in [0.2, 0.25) is 0 Å². The molecule has 0 aliphatic rings. The first-order valence-electron chi connectivity index (χ1n) is 5.62. The van der Waals surface area contributed by atoms with Crippen molar-refractivity contribution in [3.05, 3.63) is 34.9 Å². The highest BCUT2D eigenvalue weighted by molar-refractivity contribution is 5.69. The minimum atomic E-state index is -1.21. The smallest absolute Gasteiger partial charge is 0.308 e. The van der Waals surface area contributed by atoms with Crippen molar-refractivity contribution < 1.29 is 24.9 Å². The Labute approximate surface area is 106 Å². The lowest BCUT2D eigenvalue weighted by Crippen LogP contribution is -2.22. The Kier molecular flexibility index (Phi) is 5.27. The summed E-state index contributed by atoms with van der Waals surface area (Å²) in [4.78, 5) is 11.0. The van der Waals surface area contributed by atoms with Gasteiger partial charge in [-0.15, -0.1) is 0 Å². The van der Waals surface area contributed by atoms with Crippen LogP contribution in [0.2, 0.25) is 0 Å². The van der Waals surface area contributed by atoms with E-state index in [-0.39, 0.29) is 13.0 Å². The number of aliphatic hydroxyl groups excluding tert-OH is 3. The predicted molar refractivity (Wildman–Crippen MR) is 64.7 cm³/mol. The summed E-state index contributed by atoms with van der Waals surface area (Å²) in [5.41, 5.74) is 2.08. The molecule has 5 heteroatoms. The Morgan fingerprint density at radius 1 is 1.39 bits per heavy atom. The summed E-state index contributed by atoms with van der Waals surface area (Å²) in [6.45, 7) is 1.72. The van der Waals surface area contributed by atoms with Gasteiger partial charge in [-0.25, -0.2) is 0 Å². The van der Waals surface area contributed by atoms with Gasteiger partial charge in [0.1, 0.15) is 6.10 Å². The number of carbonyl (C=O) groups excluding carboxylic acids is 1. The summed E-state index contributed by atoms with van der Waals surface area (Å²) in [5.74, 6) is -0.578. The van der Waals surface area contributed by atoms with Crippen LogP contribution in [0, 0.1) is 6.92 Å². The van der Waals surface area contributed by atoms with Gasteiger partial charge in [0.05, 0.1) is 26.2 Å². The third-order valence-electron chi connectivity index (χ3n) is 2.85. The predicted octanol–water partition coefficient (Wildman–Crippen LogP) is 0.445. The Balaban J connectivity index is 2.80. The molecule has 0 radical (unpaired) electrons. The van der Waals surface area contributed by atoms with Crippen molar-refractivity contribution in [1.82, 2.24) is 0 Å². The quantitative estimate of drug-likeness (QED) is 0.664. The molecular formula is C13H18O5. The van der Waals surface area contributed by atoms with E-state index in [1.54, 1.807) is 25.1 Å². The van der Waals surface area contributed by atoms with Crippen LogP contribution in [-0.4, -0.2) is 34.5 Å². The van der Waals surface area contributed by atoms with Gasteiger partial charge in [-0.2, -0.15) is 0 Å². The van der Waals surface area contributed by atoms with E-state index in [2.05, 4.69) is 4.74 Å². The van der Waals surface area contributed by atoms with E-state index in [1.165, 1.54) is 7.11 Å². The van der Waals surface area contributed by atoms with Crippen LogP contribution in [0.25, 0.3) is 0 Å². The number of ether oxygens (including phenoxy) is 1. The van der Waals surface area contributed by atoms with Gasteiger partial charge in [-0.05, 0) is 23.6 Å². The van der Waals surface area contributed by atoms with E-state index in [4.69, 9.17) is 5.11 Å². The van der Waals surface area contributed by atoms with Crippen LogP contribution in [0.15, 0.2) is 18.2 Å². The molecule has 0 bridgehead atoms. The first kappa shape index (κ1) is 14.6. The number of benzene rings is 1. The normalized spacial score (nSPS) is 14.1. The van der Waals surface area contributed by atoms with Crippen LogP contribution in [0.1, 0.15) is 29.2 Å². The molecule has 0 saturated heterocycles. The maximum atomic E-state index is 11.0. The molecule has 0 heterocycles. The fourth-order valence-electron chi connectivity index (χ4n) is 1.67. The molecule has 0 amide bonds. The van der Waals surface area contributed by atoms with Crippen LogP contribution in [0.4, 0.5) is 0 Å². The molecule has 100 valence electrons. The van der Waals surface area contributed by atoms with Crippen molar-refractivity contribution >= 4 is 5.97 Å². The second-order valence-electron chi connectivity index (χ2n) is 4.14. The summed E-state index contributed by atoms with van der Waals surface area (Å²) >= 11 is 0. The van der Waals surface area contributed by atoms with Gasteiger partial charge in [0.15, 0.2) is 0 Å². The molecule has 2 unspecified atom stereocenters. The largest absolute Gasteiger partial charge is 0.469 e. The molecule has 1 rings (SSSR count). The Hall–Kier alpha value is -1.43. The van der Waals surface area contributed by atoms with Crippen LogP contribution < -0.4 is 0 Å². The van der Waals surface area contributed by atoms with Gasteiger partial charge in [0, 0.05) is 0 Å². The molecule has 5 nitrogen and oxygen atoms in total. The summed E-state index contributed by atoms with van der Waals surface area (Å²) in [6, 6.07) is 4.97. The van der Waals surface area contributed by atoms with E-state index in [1.807, 2.05) is 0 Å². The summed E-state index contributed by atoms with van der Waals surface area (Å²) in [5, 5.41) is 28.6. The number of rotatable bonds is 5. The zero-order valence-corrected chi connectivity index (χ0v) is 10.5. The van der Waals surface area contributed by atoms with Crippen LogP contribution in [0.3, 0.4) is 0 Å². The molecule has 3 N–H and O–H groups in total. The van der Waals surface area contributed by atoms with E-state index in [0.29, 0.717) is 5.56 Å². The lowest BCUT2D eigenvalue weighted by molar-refractivity contribution is -0.144. The number of esters is 1. The van der Waals surface area contributed by atoms with E-state index < -0.39 is 18.2 Å². The van der Waals surface area contributed by atoms with Crippen molar-refractivity contribution in [2.24, 2.45) is 0 Å². The lowest BCUT2D eigenvalue weighted by Gasteiger charge is -2.18. The molecular weight excluding hydrogens is 236 g/mol. The van der Waals surface area contributed by atoms with Gasteiger partial charge < -0.3 is 20.1 Å². The highest BCUT2D eigenvalue weighted by Crippen LogP contribution is 2.22. The van der Waals surface area contributed by atoms with E-state index in [0.717, 1.165) is 11.1 Å². The van der Waals surface area contributed by atoms with Gasteiger partial charge in [0.25, 0.3) is 0 Å². The highest BCUT2D eigenvalue weighted by Gasteiger charge is 2.22. The van der Waals surface area contributed by atoms with Gasteiger partial charge in [-0.1, -0.05) is 18.2 Å². The van der Waals surface area contributed by atoms with Crippen molar-refractivity contribution in [2.45, 2.75) is 32.2 Å². The zero-order valence-electron chi connectivity index (χ0n) is 10.5. The van der Waals surface area contributed by atoms with Crippen LogP contribution in [-0.2, 0) is 16.1 Å². The Morgan fingerprint density at radius 2 is 2.06 bits per heavy atom. The minimum Gasteiger partial charge on any atom is -0.469 e. The van der Waals surface area contributed by atoms with Gasteiger partial charge >= 0.3 is 5.97 Å². The number of hydrogen-bond donors (Lipinski definition) is 3. The Morgan fingerprint density at radius 3 is 2.56 bits per heavy atom. The van der Waals surface area contributed by atoms with Crippen molar-refractivity contribution in [3.8, 4) is 0 Å². The minimum absolute atomic E-state index is 0.0765. The van der Waals surface area contributed by atoms with Crippen LogP contribution in [0.5, 0.6) is 0 Å². The second-order valence-corrected chi connectivity index (χ2v) is 4.14. The third kappa shape index (κ3) is 3.53. The number of aryl methyl sites for hydroxylation is 1. The van der Waals surface area contributed by atoms with Gasteiger partial charge in [-0.3, -0.25) is 4.79 Å². The first-order valence-corrected chi connectivity index (χ1v) is 5.62. The SMILES string of the molecule is COC(=O)CC(O)C(O)c1ccc(CO)c(C)c1. The lowest BCUT2D eigenvalue weighted by atomic mass is 9.98. The maximum Gasteiger partial charge on any atom is 0.308 e. The van der Waals surface area contributed by atoms with E-state index >= 15 is 0 Å². The molecule has 0 fully saturated rings. The number of hydrogen-bond acceptors (Lipinski definition) is 5. The average Bonchev–Trinajstić information content (AvgIpc) is 2.37. The van der Waals surface area contributed by atoms with E-state index in [9.17, 15) is 15.0 Å². The number of aliphatic hydroxyl groups is 3. The average molecular weight is 254 g/mol. The molecule has 0 aromatic heterocycles. The van der Waals surface area contributed by atoms with Crippen LogP contribution >= 0.6 is 0 Å². The highest BCUT2D eigenvalue weighted by atomic mass is 16.5. The summed E-state index contributed by atoms with van der Waals surface area (Å²) < 4.78 is 4.42. The molecule has 0 aliphatic carbocycles. The molecule has 1 aromatic rings. The third-order valence-corrected chi connectivity index (χ3v) is 2.85. The zero-order chi connectivity index (χ0) is 13.7. The second kappa shape index (κ2) is 6.49. The molecule has 2 atom stereocenters. The summed E-state index contributed by atoms with van der Waals surface area (Å²) in [6.07, 6.45) is -2.63. The van der Waals surface area contributed by atoms with Crippen molar-refractivity contribution in [2.75, 3.05) is 7.11 Å². The maximum absolute atomic E-state index is 11.0. The fourth-order valence-corrected chi connectivity index (χ4v) is 1.67. The standard InChI is InChI=1S/C13H18O5/c1-8-5-9(3-4-10(8)7-14)13(17)11(15)6-12(16)18-2/h3-5,11,13-15,17H,6-7H2,1-2H3. The van der Waals surface area contributed by atoms with Crippen molar-refractivity contribution in [1.29, 1.82) is 0 Å². The molecule has 18 heavy (non-hydrogen) atoms.